The van der Waals surface area contributed by atoms with Gasteiger partial charge in [0.05, 0.1) is 17.6 Å². The number of halogens is 1. The fraction of sp³-hybridized carbons (Fsp3) is 0.800. The van der Waals surface area contributed by atoms with Crippen molar-refractivity contribution in [2.45, 2.75) is 91.3 Å². The predicted molar refractivity (Wildman–Crippen MR) is 121 cm³/mol. The normalized spacial score (nSPS) is 20.4. The zero-order chi connectivity index (χ0) is 23.5. The van der Waals surface area contributed by atoms with E-state index in [9.17, 15) is 9.59 Å². The van der Waals surface area contributed by atoms with Crippen LogP contribution in [-0.4, -0.2) is 49.9 Å². The lowest BCUT2D eigenvalue weighted by atomic mass is 9.80. The fourth-order valence-corrected chi connectivity index (χ4v) is 4.15. The van der Waals surface area contributed by atoms with Crippen molar-refractivity contribution in [3.63, 3.8) is 0 Å². The predicted octanol–water partition coefficient (Wildman–Crippen LogP) is 5.50. The molecule has 8 nitrogen and oxygen atoms in total. The summed E-state index contributed by atoms with van der Waals surface area (Å²) in [6.07, 6.45) is -0.108. The number of methoxy groups -OCH3 is 1. The summed E-state index contributed by atoms with van der Waals surface area (Å²) in [6, 6.07) is -0.241. The Morgan fingerprint density at radius 1 is 1.00 bits per heavy atom. The average molecular weight is 510 g/mol. The molecule has 0 saturated heterocycles. The van der Waals surface area contributed by atoms with Crippen LogP contribution in [0.2, 0.25) is 19.6 Å². The van der Waals surface area contributed by atoms with E-state index in [2.05, 4.69) is 41.0 Å². The number of allylic oxidation sites excluding steroid dienone is 1. The summed E-state index contributed by atoms with van der Waals surface area (Å²) in [5, 5.41) is 1.22. The van der Waals surface area contributed by atoms with Crippen molar-refractivity contribution in [3.05, 3.63) is 10.4 Å². The van der Waals surface area contributed by atoms with Crippen LogP contribution in [-0.2, 0) is 18.6 Å². The summed E-state index contributed by atoms with van der Waals surface area (Å²) >= 11 is 3.59. The lowest BCUT2D eigenvalue weighted by molar-refractivity contribution is -0.0253. The maximum Gasteiger partial charge on any atom is 0.429 e. The SMILES string of the molecule is CO/C(O[Si](C)(C)C)=C(\Br)C1CC(N(NC(=O)OC(C)(C)C)C(=O)OC(C)(C)C)C1. The molecule has 0 radical (unpaired) electrons. The van der Waals surface area contributed by atoms with Crippen molar-refractivity contribution >= 4 is 36.4 Å². The second-order valence-electron chi connectivity index (χ2n) is 10.3. The average Bonchev–Trinajstić information content (AvgIpc) is 2.45. The van der Waals surface area contributed by atoms with Crippen LogP contribution < -0.4 is 5.43 Å². The van der Waals surface area contributed by atoms with E-state index in [4.69, 9.17) is 18.6 Å². The topological polar surface area (TPSA) is 86.3 Å². The second-order valence-corrected chi connectivity index (χ2v) is 15.6. The van der Waals surface area contributed by atoms with Crippen molar-refractivity contribution in [2.24, 2.45) is 5.92 Å². The number of ether oxygens (including phenoxy) is 3. The molecule has 1 aliphatic rings. The molecule has 0 aromatic carbocycles. The monoisotopic (exact) mass is 508 g/mol. The molecule has 10 heteroatoms. The zero-order valence-corrected chi connectivity index (χ0v) is 22.4. The highest BCUT2D eigenvalue weighted by Gasteiger charge is 2.42. The number of carbonyl (C=O) groups excluding carboxylic acids is 2. The van der Waals surface area contributed by atoms with Crippen LogP contribution in [0.1, 0.15) is 54.4 Å². The first kappa shape index (κ1) is 26.6. The highest BCUT2D eigenvalue weighted by molar-refractivity contribution is 9.11. The lowest BCUT2D eigenvalue weighted by Gasteiger charge is -2.42. The van der Waals surface area contributed by atoms with Crippen LogP contribution in [0.15, 0.2) is 10.4 Å². The van der Waals surface area contributed by atoms with Crippen molar-refractivity contribution < 1.29 is 28.2 Å². The molecule has 2 amide bonds. The Morgan fingerprint density at radius 2 is 1.50 bits per heavy atom. The van der Waals surface area contributed by atoms with E-state index in [0.717, 1.165) is 4.48 Å². The molecule has 1 aliphatic carbocycles. The van der Waals surface area contributed by atoms with Gasteiger partial charge in [-0.25, -0.2) is 20.0 Å². The number of hydrogen-bond acceptors (Lipinski definition) is 6. The third-order valence-corrected chi connectivity index (χ3v) is 5.59. The van der Waals surface area contributed by atoms with Crippen molar-refractivity contribution in [2.75, 3.05) is 7.11 Å². The first-order valence-electron chi connectivity index (χ1n) is 10.1. The van der Waals surface area contributed by atoms with Gasteiger partial charge in [0.25, 0.3) is 5.95 Å². The Labute approximate surface area is 189 Å². The van der Waals surface area contributed by atoms with Gasteiger partial charge in [0.2, 0.25) is 8.32 Å². The van der Waals surface area contributed by atoms with Gasteiger partial charge in [-0.1, -0.05) is 0 Å². The summed E-state index contributed by atoms with van der Waals surface area (Å²) in [4.78, 5) is 25.0. The smallest absolute Gasteiger partial charge is 0.429 e. The summed E-state index contributed by atoms with van der Waals surface area (Å²) < 4.78 is 23.0. The van der Waals surface area contributed by atoms with Gasteiger partial charge in [0.1, 0.15) is 11.2 Å². The van der Waals surface area contributed by atoms with Gasteiger partial charge < -0.3 is 18.6 Å². The summed E-state index contributed by atoms with van der Waals surface area (Å²) in [5.41, 5.74) is 1.18. The van der Waals surface area contributed by atoms with E-state index in [0.29, 0.717) is 18.8 Å². The molecule has 0 bridgehead atoms. The number of hydrazine groups is 1. The van der Waals surface area contributed by atoms with Crippen molar-refractivity contribution in [1.29, 1.82) is 0 Å². The quantitative estimate of drug-likeness (QED) is 0.299. The van der Waals surface area contributed by atoms with Crippen LogP contribution in [0.25, 0.3) is 0 Å². The van der Waals surface area contributed by atoms with Crippen LogP contribution in [0.5, 0.6) is 0 Å². The van der Waals surface area contributed by atoms with Crippen LogP contribution in [0.4, 0.5) is 9.59 Å². The Kier molecular flexibility index (Phi) is 8.70. The molecule has 0 aromatic rings. The molecule has 0 aromatic heterocycles. The molecule has 0 spiro atoms. The van der Waals surface area contributed by atoms with Crippen LogP contribution >= 0.6 is 15.9 Å². The maximum absolute atomic E-state index is 12.7. The van der Waals surface area contributed by atoms with Gasteiger partial charge >= 0.3 is 12.2 Å². The molecule has 0 unspecified atom stereocenters. The van der Waals surface area contributed by atoms with Crippen molar-refractivity contribution in [3.8, 4) is 0 Å². The number of rotatable bonds is 5. The van der Waals surface area contributed by atoms with Gasteiger partial charge in [-0.2, -0.15) is 0 Å². The highest BCUT2D eigenvalue weighted by Crippen LogP contribution is 2.41. The van der Waals surface area contributed by atoms with E-state index < -0.39 is 31.7 Å². The summed E-state index contributed by atoms with van der Waals surface area (Å²) in [7, 11) is -0.264. The molecular weight excluding hydrogens is 472 g/mol. The third kappa shape index (κ3) is 9.16. The van der Waals surface area contributed by atoms with Crippen molar-refractivity contribution in [1.82, 2.24) is 10.4 Å². The molecule has 0 heterocycles. The summed E-state index contributed by atoms with van der Waals surface area (Å²) in [5.74, 6) is 0.577. The number of hydrogen-bond donors (Lipinski definition) is 1. The fourth-order valence-electron chi connectivity index (χ4n) is 2.63. The first-order valence-corrected chi connectivity index (χ1v) is 14.3. The Morgan fingerprint density at radius 3 is 1.90 bits per heavy atom. The first-order chi connectivity index (χ1) is 13.4. The van der Waals surface area contributed by atoms with Gasteiger partial charge in [0.15, 0.2) is 0 Å². The van der Waals surface area contributed by atoms with E-state index in [-0.39, 0.29) is 12.0 Å². The van der Waals surface area contributed by atoms with E-state index in [1.807, 2.05) is 0 Å². The Balaban J connectivity index is 2.92. The molecule has 174 valence electrons. The minimum Gasteiger partial charge on any atom is -0.519 e. The maximum atomic E-state index is 12.7. The van der Waals surface area contributed by atoms with Crippen LogP contribution in [0, 0.1) is 5.92 Å². The molecule has 1 rings (SSSR count). The summed E-state index contributed by atoms with van der Waals surface area (Å²) in [6.45, 7) is 16.8. The van der Waals surface area contributed by atoms with Gasteiger partial charge in [-0.15, -0.1) is 0 Å². The minimum atomic E-state index is -1.84. The van der Waals surface area contributed by atoms with E-state index in [1.54, 1.807) is 48.7 Å². The highest BCUT2D eigenvalue weighted by atomic mass is 79.9. The molecule has 0 aliphatic heterocycles. The van der Waals surface area contributed by atoms with Gasteiger partial charge in [-0.05, 0) is 90.0 Å². The van der Waals surface area contributed by atoms with E-state index >= 15 is 0 Å². The third-order valence-electron chi connectivity index (χ3n) is 3.82. The number of amides is 2. The molecule has 1 saturated carbocycles. The Hall–Kier alpha value is -1.42. The lowest BCUT2D eigenvalue weighted by Crippen LogP contribution is -2.58. The largest absolute Gasteiger partial charge is 0.519 e. The number of carbonyl (C=O) groups is 2. The van der Waals surface area contributed by atoms with Gasteiger partial charge in [-0.3, -0.25) is 0 Å². The van der Waals surface area contributed by atoms with Crippen LogP contribution in [0.3, 0.4) is 0 Å². The molecule has 30 heavy (non-hydrogen) atoms. The molecular formula is C20H37BrN2O6Si. The zero-order valence-electron chi connectivity index (χ0n) is 19.8. The molecule has 1 fully saturated rings. The standard InChI is InChI=1S/C20H37BrN2O6Si/c1-19(2,3)27-17(24)22-23(18(25)28-20(4,5)6)14-11-13(12-14)15(21)16(26-7)29-30(8,9)10/h13-14H,11-12H2,1-10H3,(H,22,24)/b16-15+. The number of nitrogens with zero attached hydrogens (tertiary/aromatic N) is 1. The minimum absolute atomic E-state index is 0.103. The second kappa shape index (κ2) is 9.80. The van der Waals surface area contributed by atoms with Gasteiger partial charge in [0, 0.05) is 5.92 Å². The molecule has 0 atom stereocenters. The number of nitrogens with one attached hydrogen (secondary N) is 1. The molecule has 1 N–H and O–H groups in total. The van der Waals surface area contributed by atoms with E-state index in [1.165, 1.54) is 5.01 Å². The Bertz CT molecular complexity index is 658.